The number of para-hydroxylation sites is 1. The first-order valence-electron chi connectivity index (χ1n) is 11.2. The highest BCUT2D eigenvalue weighted by Gasteiger charge is 2.24. The van der Waals surface area contributed by atoms with E-state index in [9.17, 15) is 14.9 Å². The van der Waals surface area contributed by atoms with E-state index in [1.807, 2.05) is 49.1 Å². The van der Waals surface area contributed by atoms with Gasteiger partial charge in [0.2, 0.25) is 0 Å². The largest absolute Gasteiger partial charge is 0.366 e. The van der Waals surface area contributed by atoms with E-state index in [4.69, 9.17) is 4.98 Å². The second-order valence-electron chi connectivity index (χ2n) is 8.51. The number of rotatable bonds is 5. The number of hydrogen-bond acceptors (Lipinski definition) is 6. The first-order valence-corrected chi connectivity index (χ1v) is 11.2. The van der Waals surface area contributed by atoms with Crippen LogP contribution in [0.5, 0.6) is 0 Å². The van der Waals surface area contributed by atoms with E-state index in [0.717, 1.165) is 42.4 Å². The average molecular weight is 457 g/mol. The molecular formula is C25H24N6O3. The second kappa shape index (κ2) is 8.58. The number of amides is 1. The number of nitro benzene ring substituents is 1. The van der Waals surface area contributed by atoms with Crippen molar-refractivity contribution in [3.63, 3.8) is 0 Å². The van der Waals surface area contributed by atoms with Crippen molar-refractivity contribution < 1.29 is 9.72 Å². The summed E-state index contributed by atoms with van der Waals surface area (Å²) in [6.07, 6.45) is 2.01. The predicted molar refractivity (Wildman–Crippen MR) is 131 cm³/mol. The number of fused-ring (bicyclic) bond motifs is 1. The SMILES string of the molecule is Cc1cc(NC(=O)c2ccc(N3CCCC3)c([N+](=O)[O-])c2)n(-c2cc(C)c3ccccc3n2)n1. The number of nitrogens with zero attached hydrogens (tertiary/aromatic N) is 5. The minimum Gasteiger partial charge on any atom is -0.366 e. The summed E-state index contributed by atoms with van der Waals surface area (Å²) in [5, 5.41) is 20.1. The van der Waals surface area contributed by atoms with Crippen LogP contribution in [-0.2, 0) is 0 Å². The van der Waals surface area contributed by atoms with E-state index in [0.29, 0.717) is 23.0 Å². The van der Waals surface area contributed by atoms with Gasteiger partial charge in [0.05, 0.1) is 16.1 Å². The second-order valence-corrected chi connectivity index (χ2v) is 8.51. The van der Waals surface area contributed by atoms with Crippen molar-refractivity contribution in [1.29, 1.82) is 0 Å². The standard InChI is InChI=1S/C25H24N6O3/c1-16-13-23(26-20-8-4-3-7-19(16)20)30-24(14-17(2)28-30)27-25(32)18-9-10-21(22(15-18)31(33)34)29-11-5-6-12-29/h3-4,7-10,13-15H,5-6,11-12H2,1-2H3,(H,27,32). The molecule has 1 N–H and O–H groups in total. The summed E-state index contributed by atoms with van der Waals surface area (Å²) in [5.41, 5.74) is 3.28. The van der Waals surface area contributed by atoms with Crippen LogP contribution in [0.3, 0.4) is 0 Å². The predicted octanol–water partition coefficient (Wildman–Crippen LogP) is 4.80. The third-order valence-corrected chi connectivity index (χ3v) is 6.08. The number of benzene rings is 2. The summed E-state index contributed by atoms with van der Waals surface area (Å²) in [6, 6.07) is 16.1. The molecule has 9 nitrogen and oxygen atoms in total. The molecule has 2 aromatic heterocycles. The zero-order chi connectivity index (χ0) is 23.8. The zero-order valence-corrected chi connectivity index (χ0v) is 19.0. The molecule has 0 saturated carbocycles. The van der Waals surface area contributed by atoms with E-state index >= 15 is 0 Å². The molecule has 3 heterocycles. The van der Waals surface area contributed by atoms with Crippen LogP contribution in [0.15, 0.2) is 54.6 Å². The van der Waals surface area contributed by atoms with Crippen LogP contribution in [0.2, 0.25) is 0 Å². The van der Waals surface area contributed by atoms with Crippen molar-refractivity contribution in [3.8, 4) is 5.82 Å². The summed E-state index contributed by atoms with van der Waals surface area (Å²) in [6.45, 7) is 5.39. The molecule has 0 radical (unpaired) electrons. The van der Waals surface area contributed by atoms with Gasteiger partial charge in [-0.15, -0.1) is 0 Å². The number of nitrogens with one attached hydrogen (secondary N) is 1. The third-order valence-electron chi connectivity index (χ3n) is 6.08. The number of anilines is 2. The minimum atomic E-state index is -0.449. The van der Waals surface area contributed by atoms with Crippen LogP contribution in [0, 0.1) is 24.0 Å². The number of aryl methyl sites for hydroxylation is 2. The molecule has 0 aliphatic carbocycles. The zero-order valence-electron chi connectivity index (χ0n) is 19.0. The molecule has 1 amide bonds. The van der Waals surface area contributed by atoms with E-state index in [1.54, 1.807) is 22.9 Å². The molecule has 172 valence electrons. The van der Waals surface area contributed by atoms with Crippen molar-refractivity contribution in [2.45, 2.75) is 26.7 Å². The number of hydrogen-bond donors (Lipinski definition) is 1. The van der Waals surface area contributed by atoms with Gasteiger partial charge in [-0.2, -0.15) is 9.78 Å². The molecule has 1 saturated heterocycles. The Kier molecular flexibility index (Phi) is 5.45. The van der Waals surface area contributed by atoms with E-state index in [2.05, 4.69) is 10.4 Å². The lowest BCUT2D eigenvalue weighted by molar-refractivity contribution is -0.384. The fourth-order valence-electron chi connectivity index (χ4n) is 4.43. The molecule has 0 spiro atoms. The van der Waals surface area contributed by atoms with Crippen LogP contribution < -0.4 is 10.2 Å². The van der Waals surface area contributed by atoms with Gasteiger partial charge in [0, 0.05) is 36.2 Å². The molecule has 0 atom stereocenters. The fourth-order valence-corrected chi connectivity index (χ4v) is 4.43. The van der Waals surface area contributed by atoms with Gasteiger partial charge in [-0.1, -0.05) is 18.2 Å². The number of carbonyl (C=O) groups excluding carboxylic acids is 1. The Morgan fingerprint density at radius 2 is 1.82 bits per heavy atom. The molecule has 34 heavy (non-hydrogen) atoms. The molecule has 4 aromatic rings. The first kappa shape index (κ1) is 21.6. The lowest BCUT2D eigenvalue weighted by atomic mass is 10.1. The molecule has 1 aliphatic rings. The minimum absolute atomic E-state index is 0.0638. The van der Waals surface area contributed by atoms with Gasteiger partial charge in [-0.05, 0) is 56.5 Å². The average Bonchev–Trinajstić information content (AvgIpc) is 3.48. The smallest absolute Gasteiger partial charge is 0.293 e. The fraction of sp³-hybridized carbons (Fsp3) is 0.240. The molecule has 5 rings (SSSR count). The summed E-state index contributed by atoms with van der Waals surface area (Å²) >= 11 is 0. The van der Waals surface area contributed by atoms with Crippen molar-refractivity contribution in [2.75, 3.05) is 23.3 Å². The van der Waals surface area contributed by atoms with Crippen molar-refractivity contribution in [3.05, 3.63) is 81.5 Å². The molecular weight excluding hydrogens is 432 g/mol. The van der Waals surface area contributed by atoms with Crippen molar-refractivity contribution >= 4 is 34.0 Å². The molecule has 2 aromatic carbocycles. The molecule has 9 heteroatoms. The van der Waals surface area contributed by atoms with Gasteiger partial charge in [0.25, 0.3) is 11.6 Å². The van der Waals surface area contributed by atoms with Gasteiger partial charge in [-0.25, -0.2) is 4.98 Å². The summed E-state index contributed by atoms with van der Waals surface area (Å²) in [5.74, 6) is 0.570. The van der Waals surface area contributed by atoms with Crippen LogP contribution in [0.25, 0.3) is 16.7 Å². The summed E-state index contributed by atoms with van der Waals surface area (Å²) < 4.78 is 1.58. The number of pyridine rings is 1. The van der Waals surface area contributed by atoms with Gasteiger partial charge in [0.15, 0.2) is 5.82 Å². The third kappa shape index (κ3) is 3.96. The van der Waals surface area contributed by atoms with Gasteiger partial charge in [-0.3, -0.25) is 14.9 Å². The lowest BCUT2D eigenvalue weighted by Gasteiger charge is -2.18. The molecule has 1 fully saturated rings. The monoisotopic (exact) mass is 456 g/mol. The number of carbonyl (C=O) groups is 1. The topological polar surface area (TPSA) is 106 Å². The van der Waals surface area contributed by atoms with E-state index in [1.165, 1.54) is 6.07 Å². The van der Waals surface area contributed by atoms with Gasteiger partial charge in [0.1, 0.15) is 11.5 Å². The Hall–Kier alpha value is -4.27. The highest BCUT2D eigenvalue weighted by molar-refractivity contribution is 6.05. The van der Waals surface area contributed by atoms with Crippen LogP contribution >= 0.6 is 0 Å². The maximum atomic E-state index is 13.1. The Bertz CT molecular complexity index is 1420. The Labute approximate surface area is 196 Å². The highest BCUT2D eigenvalue weighted by Crippen LogP contribution is 2.32. The van der Waals surface area contributed by atoms with Crippen LogP contribution in [0.1, 0.15) is 34.5 Å². The van der Waals surface area contributed by atoms with Crippen molar-refractivity contribution in [2.24, 2.45) is 0 Å². The summed E-state index contributed by atoms with van der Waals surface area (Å²) in [4.78, 5) is 31.1. The molecule has 0 unspecified atom stereocenters. The van der Waals surface area contributed by atoms with Crippen LogP contribution in [0.4, 0.5) is 17.2 Å². The number of aromatic nitrogens is 3. The van der Waals surface area contributed by atoms with Gasteiger partial charge >= 0.3 is 0 Å². The number of nitro groups is 1. The highest BCUT2D eigenvalue weighted by atomic mass is 16.6. The Morgan fingerprint density at radius 3 is 2.59 bits per heavy atom. The van der Waals surface area contributed by atoms with Gasteiger partial charge < -0.3 is 10.2 Å². The van der Waals surface area contributed by atoms with E-state index in [-0.39, 0.29) is 11.3 Å². The Morgan fingerprint density at radius 1 is 1.06 bits per heavy atom. The Balaban J connectivity index is 1.48. The molecule has 1 aliphatic heterocycles. The van der Waals surface area contributed by atoms with E-state index < -0.39 is 10.8 Å². The van der Waals surface area contributed by atoms with Crippen LogP contribution in [-0.4, -0.2) is 38.7 Å². The quantitative estimate of drug-likeness (QED) is 0.342. The lowest BCUT2D eigenvalue weighted by Crippen LogP contribution is -2.20. The maximum Gasteiger partial charge on any atom is 0.293 e. The first-order chi connectivity index (χ1) is 16.4. The maximum absolute atomic E-state index is 13.1. The van der Waals surface area contributed by atoms with Crippen molar-refractivity contribution in [1.82, 2.24) is 14.8 Å². The normalized spacial score (nSPS) is 13.4. The summed E-state index contributed by atoms with van der Waals surface area (Å²) in [7, 11) is 0. The molecule has 0 bridgehead atoms.